The molecule has 1 saturated heterocycles. The van der Waals surface area contributed by atoms with Gasteiger partial charge in [-0.25, -0.2) is 4.98 Å². The van der Waals surface area contributed by atoms with Crippen LogP contribution in [0, 0.1) is 0 Å². The van der Waals surface area contributed by atoms with Gasteiger partial charge in [-0.3, -0.25) is 0 Å². The Bertz CT molecular complexity index is 904. The number of para-hydroxylation sites is 1. The van der Waals surface area contributed by atoms with Crippen molar-refractivity contribution in [3.05, 3.63) is 59.1 Å². The quantitative estimate of drug-likeness (QED) is 0.505. The van der Waals surface area contributed by atoms with Gasteiger partial charge in [0.25, 0.3) is 0 Å². The van der Waals surface area contributed by atoms with E-state index in [2.05, 4.69) is 42.3 Å². The molecule has 0 saturated carbocycles. The van der Waals surface area contributed by atoms with E-state index >= 15 is 0 Å². The molecular weight excluding hydrogens is 396 g/mol. The molecule has 1 aromatic heterocycles. The van der Waals surface area contributed by atoms with Crippen LogP contribution in [0.5, 0.6) is 5.75 Å². The lowest BCUT2D eigenvalue weighted by atomic mass is 10.1. The molecule has 0 aliphatic carbocycles. The number of aromatic nitrogens is 1. The third-order valence-electron chi connectivity index (χ3n) is 5.51. The second kappa shape index (κ2) is 10.4. The Balaban J connectivity index is 1.58. The number of ether oxygens (including phenoxy) is 2. The van der Waals surface area contributed by atoms with E-state index in [0.29, 0.717) is 6.61 Å². The number of nitrogens with zero attached hydrogens (tertiary/aromatic N) is 2. The summed E-state index contributed by atoms with van der Waals surface area (Å²) in [6.45, 7) is 2.93. The number of aliphatic hydroxyl groups is 1. The Hall–Kier alpha value is -1.99. The highest BCUT2D eigenvalue weighted by molar-refractivity contribution is 7.18. The zero-order valence-corrected chi connectivity index (χ0v) is 18.3. The monoisotopic (exact) mass is 426 g/mol. The van der Waals surface area contributed by atoms with Gasteiger partial charge in [0.15, 0.2) is 0 Å². The zero-order valence-electron chi connectivity index (χ0n) is 17.5. The highest BCUT2D eigenvalue weighted by Gasteiger charge is 2.26. The predicted molar refractivity (Wildman–Crippen MR) is 121 cm³/mol. The minimum absolute atomic E-state index is 0.197. The van der Waals surface area contributed by atoms with Gasteiger partial charge in [0, 0.05) is 19.7 Å². The molecule has 2 heterocycles. The number of unbranched alkanes of at least 4 members (excludes halogenated alkanes) is 1. The number of fused-ring (bicyclic) bond motifs is 1. The fourth-order valence-electron chi connectivity index (χ4n) is 3.77. The largest absolute Gasteiger partial charge is 0.494 e. The molecule has 1 N–H and O–H groups in total. The van der Waals surface area contributed by atoms with Gasteiger partial charge in [-0.2, -0.15) is 0 Å². The van der Waals surface area contributed by atoms with Crippen molar-refractivity contribution < 1.29 is 14.6 Å². The minimum Gasteiger partial charge on any atom is -0.494 e. The van der Waals surface area contributed by atoms with E-state index in [1.807, 2.05) is 18.2 Å². The molecule has 1 unspecified atom stereocenters. The Morgan fingerprint density at radius 3 is 2.77 bits per heavy atom. The average Bonchev–Trinajstić information content (AvgIpc) is 3.20. The topological polar surface area (TPSA) is 54.8 Å². The van der Waals surface area contributed by atoms with E-state index in [9.17, 15) is 0 Å². The fourth-order valence-corrected chi connectivity index (χ4v) is 4.80. The summed E-state index contributed by atoms with van der Waals surface area (Å²) in [6, 6.07) is 16.4. The molecule has 5 nitrogen and oxygen atoms in total. The summed E-state index contributed by atoms with van der Waals surface area (Å²) in [7, 11) is 2.17. The normalized spacial score (nSPS) is 16.7. The van der Waals surface area contributed by atoms with Crippen LogP contribution in [0.15, 0.2) is 48.5 Å². The van der Waals surface area contributed by atoms with Crippen molar-refractivity contribution in [1.29, 1.82) is 0 Å². The van der Waals surface area contributed by atoms with Crippen LogP contribution in [-0.2, 0) is 4.74 Å². The highest BCUT2D eigenvalue weighted by atomic mass is 32.1. The number of likely N-dealkylation sites (tertiary alicyclic amines) is 1. The minimum atomic E-state index is -0.197. The highest BCUT2D eigenvalue weighted by Crippen LogP contribution is 2.36. The molecule has 4 rings (SSSR count). The Morgan fingerprint density at radius 1 is 1.13 bits per heavy atom. The van der Waals surface area contributed by atoms with Gasteiger partial charge in [-0.05, 0) is 62.6 Å². The molecule has 0 amide bonds. The molecule has 0 bridgehead atoms. The van der Waals surface area contributed by atoms with Crippen LogP contribution >= 0.6 is 11.3 Å². The molecule has 0 radical (unpaired) electrons. The molecule has 30 heavy (non-hydrogen) atoms. The van der Waals surface area contributed by atoms with Crippen molar-refractivity contribution in [2.24, 2.45) is 0 Å². The van der Waals surface area contributed by atoms with Crippen LogP contribution in [0.3, 0.4) is 0 Å². The van der Waals surface area contributed by atoms with E-state index in [0.717, 1.165) is 60.6 Å². The van der Waals surface area contributed by atoms with E-state index in [1.165, 1.54) is 4.70 Å². The van der Waals surface area contributed by atoms with Crippen LogP contribution < -0.4 is 4.74 Å². The van der Waals surface area contributed by atoms with Gasteiger partial charge in [0.2, 0.25) is 0 Å². The van der Waals surface area contributed by atoms with E-state index in [4.69, 9.17) is 19.6 Å². The maximum absolute atomic E-state index is 8.96. The first kappa shape index (κ1) is 21.2. The van der Waals surface area contributed by atoms with Crippen LogP contribution in [-0.4, -0.2) is 54.4 Å². The van der Waals surface area contributed by atoms with Crippen molar-refractivity contribution in [1.82, 2.24) is 9.88 Å². The maximum atomic E-state index is 8.96. The van der Waals surface area contributed by atoms with Crippen LogP contribution in [0.2, 0.25) is 0 Å². The van der Waals surface area contributed by atoms with Crippen molar-refractivity contribution in [2.75, 3.05) is 33.4 Å². The van der Waals surface area contributed by atoms with Crippen molar-refractivity contribution in [3.8, 4) is 5.75 Å². The number of thiazole rings is 1. The lowest BCUT2D eigenvalue weighted by Crippen LogP contribution is -2.35. The molecule has 1 aliphatic rings. The predicted octanol–water partition coefficient (Wildman–Crippen LogP) is 4.65. The lowest BCUT2D eigenvalue weighted by Gasteiger charge is -2.31. The summed E-state index contributed by atoms with van der Waals surface area (Å²) in [5.74, 6) is 0.837. The van der Waals surface area contributed by atoms with Crippen molar-refractivity contribution in [3.63, 3.8) is 0 Å². The van der Waals surface area contributed by atoms with Gasteiger partial charge in [-0.1, -0.05) is 24.3 Å². The Morgan fingerprint density at radius 2 is 1.97 bits per heavy atom. The third-order valence-corrected chi connectivity index (χ3v) is 6.59. The van der Waals surface area contributed by atoms with E-state index < -0.39 is 0 Å². The van der Waals surface area contributed by atoms with Crippen LogP contribution in [0.4, 0.5) is 0 Å². The number of hydrogen-bond acceptors (Lipinski definition) is 6. The molecule has 160 valence electrons. The summed E-state index contributed by atoms with van der Waals surface area (Å²) in [5, 5.41) is 9.95. The van der Waals surface area contributed by atoms with Gasteiger partial charge in [-0.15, -0.1) is 11.3 Å². The van der Waals surface area contributed by atoms with Crippen LogP contribution in [0.25, 0.3) is 10.2 Å². The smallest absolute Gasteiger partial charge is 0.135 e. The SMILES string of the molecule is CN1CCC(OC(c2cccc(OCCCCO)c2)c2nc3ccccc3s2)CC1. The summed E-state index contributed by atoms with van der Waals surface area (Å²) < 4.78 is 13.8. The number of benzene rings is 2. The first-order valence-electron chi connectivity index (χ1n) is 10.8. The van der Waals surface area contributed by atoms with Crippen molar-refractivity contribution in [2.45, 2.75) is 37.9 Å². The van der Waals surface area contributed by atoms with E-state index in [1.54, 1.807) is 11.3 Å². The molecule has 2 aromatic carbocycles. The van der Waals surface area contributed by atoms with Gasteiger partial charge < -0.3 is 19.5 Å². The Kier molecular flexibility index (Phi) is 7.33. The zero-order chi connectivity index (χ0) is 20.8. The van der Waals surface area contributed by atoms with Gasteiger partial charge in [0.05, 0.1) is 22.9 Å². The summed E-state index contributed by atoms with van der Waals surface area (Å²) in [5.41, 5.74) is 2.10. The fraction of sp³-hybridized carbons (Fsp3) is 0.458. The summed E-state index contributed by atoms with van der Waals surface area (Å²) in [4.78, 5) is 7.26. The molecule has 6 heteroatoms. The van der Waals surface area contributed by atoms with Gasteiger partial charge >= 0.3 is 0 Å². The number of hydrogen-bond donors (Lipinski definition) is 1. The molecule has 0 spiro atoms. The molecule has 1 aliphatic heterocycles. The standard InChI is InChI=1S/C24H30N2O3S/c1-26-13-11-19(12-14-26)29-23(24-25-21-9-2-3-10-22(21)30-24)18-7-6-8-20(17-18)28-16-5-4-15-27/h2-3,6-10,17,19,23,27H,4-5,11-16H2,1H3. The molecular formula is C24H30N2O3S. The van der Waals surface area contributed by atoms with Crippen molar-refractivity contribution >= 4 is 21.6 Å². The summed E-state index contributed by atoms with van der Waals surface area (Å²) >= 11 is 1.70. The third kappa shape index (κ3) is 5.38. The first-order valence-corrected chi connectivity index (χ1v) is 11.6. The molecule has 3 aromatic rings. The average molecular weight is 427 g/mol. The maximum Gasteiger partial charge on any atom is 0.135 e. The molecule has 1 fully saturated rings. The second-order valence-corrected chi connectivity index (χ2v) is 8.95. The summed E-state index contributed by atoms with van der Waals surface area (Å²) in [6.07, 6.45) is 3.70. The number of piperidine rings is 1. The lowest BCUT2D eigenvalue weighted by molar-refractivity contribution is -0.0235. The number of aliphatic hydroxyl groups excluding tert-OH is 1. The van der Waals surface area contributed by atoms with Gasteiger partial charge in [0.1, 0.15) is 16.9 Å². The van der Waals surface area contributed by atoms with Crippen LogP contribution in [0.1, 0.15) is 42.4 Å². The van der Waals surface area contributed by atoms with E-state index in [-0.39, 0.29) is 18.8 Å². The first-order chi connectivity index (χ1) is 14.7. The number of rotatable bonds is 9. The second-order valence-electron chi connectivity index (χ2n) is 7.89. The Labute approximate surface area is 182 Å². The molecule has 1 atom stereocenters.